The number of hydrogen-bond donors (Lipinski definition) is 1. The van der Waals surface area contributed by atoms with Crippen molar-refractivity contribution < 1.29 is 9.90 Å². The van der Waals surface area contributed by atoms with Gasteiger partial charge in [-0.2, -0.15) is 0 Å². The van der Waals surface area contributed by atoms with Gasteiger partial charge < -0.3 is 5.11 Å². The van der Waals surface area contributed by atoms with Gasteiger partial charge in [-0.15, -0.1) is 0 Å². The summed E-state index contributed by atoms with van der Waals surface area (Å²) in [5.74, 6) is -0.790. The highest BCUT2D eigenvalue weighted by molar-refractivity contribution is 9.10. The Balaban J connectivity index is 2.60. The maximum Gasteiger partial charge on any atom is 0.317 e. The Labute approximate surface area is 104 Å². The lowest BCUT2D eigenvalue weighted by Gasteiger charge is -2.23. The quantitative estimate of drug-likeness (QED) is 0.903. The molecule has 16 heavy (non-hydrogen) atoms. The van der Waals surface area contributed by atoms with Gasteiger partial charge in [-0.25, -0.2) is 0 Å². The van der Waals surface area contributed by atoms with Gasteiger partial charge in [0.15, 0.2) is 0 Å². The molecule has 0 saturated heterocycles. The molecule has 1 unspecified atom stereocenters. The summed E-state index contributed by atoms with van der Waals surface area (Å²) in [5.41, 5.74) is 1.20. The molecule has 1 aromatic carbocycles. The summed E-state index contributed by atoms with van der Waals surface area (Å²) in [6, 6.07) is 8.22. The molecule has 0 amide bonds. The number of aliphatic carboxylic acids is 1. The van der Waals surface area contributed by atoms with Crippen molar-refractivity contribution in [1.29, 1.82) is 0 Å². The third-order valence-corrected chi connectivity index (χ3v) is 3.38. The molecule has 1 rings (SSSR count). The molecule has 1 aromatic rings. The minimum atomic E-state index is -0.790. The highest BCUT2D eigenvalue weighted by Crippen LogP contribution is 2.18. The van der Waals surface area contributed by atoms with Gasteiger partial charge in [0.05, 0.1) is 6.54 Å². The molecule has 0 aromatic heterocycles. The van der Waals surface area contributed by atoms with Crippen LogP contribution < -0.4 is 0 Å². The summed E-state index contributed by atoms with van der Waals surface area (Å²) in [7, 11) is 1.83. The SMILES string of the molecule is CC(Cc1ccccc1Br)N(C)CC(=O)O. The van der Waals surface area contributed by atoms with E-state index in [1.54, 1.807) is 0 Å². The summed E-state index contributed by atoms with van der Waals surface area (Å²) >= 11 is 3.49. The van der Waals surface area contributed by atoms with Gasteiger partial charge in [0.2, 0.25) is 0 Å². The van der Waals surface area contributed by atoms with Gasteiger partial charge in [0, 0.05) is 10.5 Å². The molecule has 0 bridgehead atoms. The summed E-state index contributed by atoms with van der Waals surface area (Å²) in [6.07, 6.45) is 0.838. The lowest BCUT2D eigenvalue weighted by Crippen LogP contribution is -2.35. The third kappa shape index (κ3) is 3.94. The van der Waals surface area contributed by atoms with Crippen LogP contribution in [0.1, 0.15) is 12.5 Å². The maximum atomic E-state index is 10.6. The maximum absolute atomic E-state index is 10.6. The Morgan fingerprint density at radius 1 is 1.50 bits per heavy atom. The Bertz CT molecular complexity index is 368. The fourth-order valence-electron chi connectivity index (χ4n) is 1.51. The van der Waals surface area contributed by atoms with Crippen LogP contribution in [0.2, 0.25) is 0 Å². The molecule has 3 nitrogen and oxygen atoms in total. The van der Waals surface area contributed by atoms with Gasteiger partial charge in [-0.1, -0.05) is 34.1 Å². The van der Waals surface area contributed by atoms with Crippen molar-refractivity contribution in [3.05, 3.63) is 34.3 Å². The van der Waals surface area contributed by atoms with E-state index < -0.39 is 5.97 Å². The van der Waals surface area contributed by atoms with E-state index in [0.29, 0.717) is 0 Å². The van der Waals surface area contributed by atoms with E-state index in [9.17, 15) is 4.79 Å². The molecule has 88 valence electrons. The molecule has 4 heteroatoms. The second-order valence-electron chi connectivity index (χ2n) is 3.95. The van der Waals surface area contributed by atoms with Crippen LogP contribution in [0, 0.1) is 0 Å². The zero-order valence-corrected chi connectivity index (χ0v) is 11.1. The first-order valence-electron chi connectivity index (χ1n) is 5.16. The standard InChI is InChI=1S/C12H16BrNO2/c1-9(14(2)8-12(15)16)7-10-5-3-4-6-11(10)13/h3-6,9H,7-8H2,1-2H3,(H,15,16). The van der Waals surface area contributed by atoms with E-state index in [2.05, 4.69) is 22.0 Å². The summed E-state index contributed by atoms with van der Waals surface area (Å²) in [4.78, 5) is 12.4. The fourth-order valence-corrected chi connectivity index (χ4v) is 1.95. The van der Waals surface area contributed by atoms with Crippen LogP contribution in [-0.4, -0.2) is 35.6 Å². The Kier molecular flexibility index (Phi) is 4.96. The van der Waals surface area contributed by atoms with Gasteiger partial charge in [0.25, 0.3) is 0 Å². The van der Waals surface area contributed by atoms with Crippen molar-refractivity contribution in [2.75, 3.05) is 13.6 Å². The van der Waals surface area contributed by atoms with Crippen LogP contribution in [0.4, 0.5) is 0 Å². The van der Waals surface area contributed by atoms with Crippen molar-refractivity contribution >= 4 is 21.9 Å². The number of carbonyl (C=O) groups is 1. The van der Waals surface area contributed by atoms with Crippen LogP contribution in [0.5, 0.6) is 0 Å². The first-order chi connectivity index (χ1) is 7.50. The van der Waals surface area contributed by atoms with Gasteiger partial charge >= 0.3 is 5.97 Å². The number of carboxylic acids is 1. The number of benzene rings is 1. The van der Waals surface area contributed by atoms with Gasteiger partial charge in [-0.3, -0.25) is 9.69 Å². The van der Waals surface area contributed by atoms with E-state index >= 15 is 0 Å². The molecular weight excluding hydrogens is 270 g/mol. The van der Waals surface area contributed by atoms with Crippen LogP contribution in [0.25, 0.3) is 0 Å². The smallest absolute Gasteiger partial charge is 0.317 e. The first kappa shape index (κ1) is 13.2. The zero-order chi connectivity index (χ0) is 12.1. The normalized spacial score (nSPS) is 12.8. The fraction of sp³-hybridized carbons (Fsp3) is 0.417. The minimum Gasteiger partial charge on any atom is -0.480 e. The van der Waals surface area contributed by atoms with E-state index in [0.717, 1.165) is 10.9 Å². The molecule has 0 aliphatic rings. The molecule has 1 atom stereocenters. The molecule has 0 aliphatic carbocycles. The average Bonchev–Trinajstić information content (AvgIpc) is 2.20. The van der Waals surface area contributed by atoms with Crippen molar-refractivity contribution in [3.8, 4) is 0 Å². The van der Waals surface area contributed by atoms with E-state index in [4.69, 9.17) is 5.11 Å². The monoisotopic (exact) mass is 285 g/mol. The molecule has 0 heterocycles. The molecule has 0 aliphatic heterocycles. The summed E-state index contributed by atoms with van der Waals surface area (Å²) in [6.45, 7) is 2.11. The van der Waals surface area contributed by atoms with Crippen molar-refractivity contribution in [1.82, 2.24) is 4.90 Å². The predicted molar refractivity (Wildman–Crippen MR) is 67.6 cm³/mol. The lowest BCUT2D eigenvalue weighted by atomic mass is 10.1. The van der Waals surface area contributed by atoms with E-state index in [1.165, 1.54) is 5.56 Å². The van der Waals surface area contributed by atoms with Crippen LogP contribution in [0.3, 0.4) is 0 Å². The molecule has 0 radical (unpaired) electrons. The van der Waals surface area contributed by atoms with Crippen LogP contribution in [-0.2, 0) is 11.2 Å². The van der Waals surface area contributed by atoms with Crippen molar-refractivity contribution in [2.45, 2.75) is 19.4 Å². The molecule has 0 saturated carbocycles. The highest BCUT2D eigenvalue weighted by atomic mass is 79.9. The largest absolute Gasteiger partial charge is 0.480 e. The average molecular weight is 286 g/mol. The topological polar surface area (TPSA) is 40.5 Å². The molecule has 0 fully saturated rings. The Morgan fingerprint density at radius 2 is 2.12 bits per heavy atom. The molecular formula is C12H16BrNO2. The first-order valence-corrected chi connectivity index (χ1v) is 5.95. The molecule has 0 spiro atoms. The summed E-state index contributed by atoms with van der Waals surface area (Å²) in [5, 5.41) is 8.70. The summed E-state index contributed by atoms with van der Waals surface area (Å²) < 4.78 is 1.07. The van der Waals surface area contributed by atoms with Crippen LogP contribution in [0.15, 0.2) is 28.7 Å². The van der Waals surface area contributed by atoms with Crippen LogP contribution >= 0.6 is 15.9 Å². The number of likely N-dealkylation sites (N-methyl/N-ethyl adjacent to an activating group) is 1. The number of hydrogen-bond acceptors (Lipinski definition) is 2. The van der Waals surface area contributed by atoms with Gasteiger partial charge in [-0.05, 0) is 32.0 Å². The van der Waals surface area contributed by atoms with Gasteiger partial charge in [0.1, 0.15) is 0 Å². The third-order valence-electron chi connectivity index (χ3n) is 2.61. The van der Waals surface area contributed by atoms with E-state index in [1.807, 2.05) is 37.1 Å². The molecule has 1 N–H and O–H groups in total. The number of rotatable bonds is 5. The second-order valence-corrected chi connectivity index (χ2v) is 4.81. The minimum absolute atomic E-state index is 0.0750. The Morgan fingerprint density at radius 3 is 2.69 bits per heavy atom. The van der Waals surface area contributed by atoms with Crippen molar-refractivity contribution in [3.63, 3.8) is 0 Å². The zero-order valence-electron chi connectivity index (χ0n) is 9.48. The van der Waals surface area contributed by atoms with Crippen molar-refractivity contribution in [2.24, 2.45) is 0 Å². The predicted octanol–water partition coefficient (Wildman–Crippen LogP) is 2.40. The number of halogens is 1. The van der Waals surface area contributed by atoms with E-state index in [-0.39, 0.29) is 12.6 Å². The number of carboxylic acid groups (broad SMARTS) is 1. The Hall–Kier alpha value is -0.870. The number of nitrogens with zero attached hydrogens (tertiary/aromatic N) is 1. The lowest BCUT2D eigenvalue weighted by molar-refractivity contribution is -0.138. The highest BCUT2D eigenvalue weighted by Gasteiger charge is 2.13. The second kappa shape index (κ2) is 6.01.